The molecule has 1 saturated heterocycles. The minimum Gasteiger partial charge on any atom is -0.481 e. The molecule has 1 aromatic carbocycles. The monoisotopic (exact) mass is 289 g/mol. The van der Waals surface area contributed by atoms with Crippen molar-refractivity contribution >= 4 is 11.9 Å². The van der Waals surface area contributed by atoms with Gasteiger partial charge in [-0.05, 0) is 25.3 Å². The number of carboxylic acids is 1. The Morgan fingerprint density at radius 3 is 2.33 bits per heavy atom. The lowest BCUT2D eigenvalue weighted by atomic mass is 9.91. The van der Waals surface area contributed by atoms with Crippen LogP contribution in [0.1, 0.15) is 43.0 Å². The average Bonchev–Trinajstić information content (AvgIpc) is 2.65. The van der Waals surface area contributed by atoms with E-state index in [0.29, 0.717) is 12.5 Å². The molecule has 4 nitrogen and oxygen atoms in total. The van der Waals surface area contributed by atoms with Crippen LogP contribution in [-0.4, -0.2) is 28.4 Å². The molecule has 2 atom stereocenters. The highest BCUT2D eigenvalue weighted by molar-refractivity contribution is 5.87. The van der Waals surface area contributed by atoms with Gasteiger partial charge in [0.15, 0.2) is 0 Å². The van der Waals surface area contributed by atoms with Gasteiger partial charge in [-0.2, -0.15) is 0 Å². The second-order valence-electron chi connectivity index (χ2n) is 6.45. The molecule has 0 radical (unpaired) electrons. The van der Waals surface area contributed by atoms with E-state index >= 15 is 0 Å². The van der Waals surface area contributed by atoms with Crippen molar-refractivity contribution < 1.29 is 14.7 Å². The second kappa shape index (κ2) is 5.88. The summed E-state index contributed by atoms with van der Waals surface area (Å²) in [7, 11) is 0. The molecule has 1 heterocycles. The lowest BCUT2D eigenvalue weighted by Crippen LogP contribution is -2.33. The van der Waals surface area contributed by atoms with Crippen LogP contribution in [0.2, 0.25) is 0 Å². The molecule has 114 valence electrons. The summed E-state index contributed by atoms with van der Waals surface area (Å²) in [6.07, 6.45) is 0.0969. The maximum absolute atomic E-state index is 12.2. The molecule has 2 unspecified atom stereocenters. The Balaban J connectivity index is 2.45. The topological polar surface area (TPSA) is 57.6 Å². The third-order valence-corrected chi connectivity index (χ3v) is 3.90. The normalized spacial score (nSPS) is 22.1. The maximum atomic E-state index is 12.2. The third kappa shape index (κ3) is 3.26. The van der Waals surface area contributed by atoms with Gasteiger partial charge >= 0.3 is 5.97 Å². The predicted octanol–water partition coefficient (Wildman–Crippen LogP) is 2.93. The molecule has 21 heavy (non-hydrogen) atoms. The first kappa shape index (κ1) is 15.5. The first-order valence-corrected chi connectivity index (χ1v) is 7.40. The standard InChI is InChI=1S/C17H23NO3/c1-10(2)9-18-15(19)8-14(17(20)21)16(18)13-6-11(3)5-12(4)7-13/h5-7,10,14,16H,8-9H2,1-4H3,(H,20,21). The lowest BCUT2D eigenvalue weighted by molar-refractivity contribution is -0.142. The second-order valence-corrected chi connectivity index (χ2v) is 6.45. The minimum atomic E-state index is -0.890. The molecule has 1 aliphatic rings. The Kier molecular flexibility index (Phi) is 4.35. The predicted molar refractivity (Wildman–Crippen MR) is 81.0 cm³/mol. The molecule has 0 saturated carbocycles. The van der Waals surface area contributed by atoms with Gasteiger partial charge in [-0.1, -0.05) is 43.2 Å². The minimum absolute atomic E-state index is 0.0553. The molecule has 1 amide bonds. The van der Waals surface area contributed by atoms with E-state index in [2.05, 4.69) is 6.07 Å². The van der Waals surface area contributed by atoms with Crippen molar-refractivity contribution in [3.05, 3.63) is 34.9 Å². The number of hydrogen-bond donors (Lipinski definition) is 1. The molecule has 0 aliphatic carbocycles. The first-order chi connectivity index (χ1) is 9.79. The van der Waals surface area contributed by atoms with Gasteiger partial charge in [0, 0.05) is 13.0 Å². The fraction of sp³-hybridized carbons (Fsp3) is 0.529. The fourth-order valence-corrected chi connectivity index (χ4v) is 3.21. The van der Waals surface area contributed by atoms with Crippen LogP contribution in [-0.2, 0) is 9.59 Å². The smallest absolute Gasteiger partial charge is 0.309 e. The summed E-state index contributed by atoms with van der Waals surface area (Å²) in [5.41, 5.74) is 3.13. The third-order valence-electron chi connectivity index (χ3n) is 3.90. The van der Waals surface area contributed by atoms with Crippen LogP contribution in [0.15, 0.2) is 18.2 Å². The highest BCUT2D eigenvalue weighted by Crippen LogP contribution is 2.39. The molecule has 0 bridgehead atoms. The molecule has 0 spiro atoms. The number of hydrogen-bond acceptors (Lipinski definition) is 2. The van der Waals surface area contributed by atoms with Gasteiger partial charge in [0.25, 0.3) is 0 Å². The van der Waals surface area contributed by atoms with E-state index in [4.69, 9.17) is 0 Å². The van der Waals surface area contributed by atoms with E-state index in [1.165, 1.54) is 0 Å². The van der Waals surface area contributed by atoms with E-state index in [1.807, 2.05) is 39.8 Å². The van der Waals surface area contributed by atoms with Crippen molar-refractivity contribution in [2.75, 3.05) is 6.54 Å². The molecular weight excluding hydrogens is 266 g/mol. The lowest BCUT2D eigenvalue weighted by Gasteiger charge is -2.29. The average molecular weight is 289 g/mol. The molecule has 1 fully saturated rings. The van der Waals surface area contributed by atoms with E-state index < -0.39 is 11.9 Å². The zero-order chi connectivity index (χ0) is 15.7. The Morgan fingerprint density at radius 2 is 1.86 bits per heavy atom. The Bertz CT molecular complexity index is 545. The summed E-state index contributed by atoms with van der Waals surface area (Å²) in [6, 6.07) is 5.71. The van der Waals surface area contributed by atoms with Crippen molar-refractivity contribution in [3.8, 4) is 0 Å². The summed E-state index contributed by atoms with van der Waals surface area (Å²) in [4.78, 5) is 25.5. The fourth-order valence-electron chi connectivity index (χ4n) is 3.21. The van der Waals surface area contributed by atoms with Crippen molar-refractivity contribution in [3.63, 3.8) is 0 Å². The summed E-state index contributed by atoms with van der Waals surface area (Å²) >= 11 is 0. The molecular formula is C17H23NO3. The van der Waals surface area contributed by atoms with Gasteiger partial charge in [-0.25, -0.2) is 0 Å². The van der Waals surface area contributed by atoms with Crippen LogP contribution >= 0.6 is 0 Å². The highest BCUT2D eigenvalue weighted by atomic mass is 16.4. The number of carboxylic acid groups (broad SMARTS) is 1. The quantitative estimate of drug-likeness (QED) is 0.927. The van der Waals surface area contributed by atoms with Crippen LogP contribution in [0.5, 0.6) is 0 Å². The Labute approximate surface area is 125 Å². The van der Waals surface area contributed by atoms with Crippen LogP contribution < -0.4 is 0 Å². The number of likely N-dealkylation sites (tertiary alicyclic amines) is 1. The van der Waals surface area contributed by atoms with Crippen molar-refractivity contribution in [1.82, 2.24) is 4.90 Å². The number of rotatable bonds is 4. The van der Waals surface area contributed by atoms with Crippen LogP contribution in [0, 0.1) is 25.7 Å². The number of carbonyl (C=O) groups excluding carboxylic acids is 1. The SMILES string of the molecule is Cc1cc(C)cc(C2C(C(=O)O)CC(=O)N2CC(C)C)c1. The largest absolute Gasteiger partial charge is 0.481 e. The number of amides is 1. The van der Waals surface area contributed by atoms with Crippen LogP contribution in [0.25, 0.3) is 0 Å². The van der Waals surface area contributed by atoms with Gasteiger partial charge in [0.05, 0.1) is 12.0 Å². The molecule has 1 N–H and O–H groups in total. The summed E-state index contributed by atoms with van der Waals surface area (Å²) < 4.78 is 0. The molecule has 1 aromatic rings. The molecule has 4 heteroatoms. The van der Waals surface area contributed by atoms with Crippen LogP contribution in [0.4, 0.5) is 0 Å². The van der Waals surface area contributed by atoms with Gasteiger partial charge < -0.3 is 10.0 Å². The van der Waals surface area contributed by atoms with Crippen molar-refractivity contribution in [2.24, 2.45) is 11.8 Å². The number of nitrogens with zero attached hydrogens (tertiary/aromatic N) is 1. The number of carbonyl (C=O) groups is 2. The van der Waals surface area contributed by atoms with Gasteiger partial charge in [0.2, 0.25) is 5.91 Å². The van der Waals surface area contributed by atoms with E-state index in [0.717, 1.165) is 16.7 Å². The number of benzene rings is 1. The number of aryl methyl sites for hydroxylation is 2. The summed E-state index contributed by atoms with van der Waals surface area (Å²) in [5.74, 6) is -1.29. The highest BCUT2D eigenvalue weighted by Gasteiger charge is 2.44. The molecule has 1 aliphatic heterocycles. The van der Waals surface area contributed by atoms with Crippen LogP contribution in [0.3, 0.4) is 0 Å². The Hall–Kier alpha value is -1.84. The first-order valence-electron chi connectivity index (χ1n) is 7.40. The maximum Gasteiger partial charge on any atom is 0.309 e. The van der Waals surface area contributed by atoms with Gasteiger partial charge in [-0.3, -0.25) is 9.59 Å². The number of aliphatic carboxylic acids is 1. The van der Waals surface area contributed by atoms with Gasteiger partial charge in [0.1, 0.15) is 0 Å². The van der Waals surface area contributed by atoms with E-state index in [-0.39, 0.29) is 18.4 Å². The zero-order valence-electron chi connectivity index (χ0n) is 13.1. The molecule has 2 rings (SSSR count). The zero-order valence-corrected chi connectivity index (χ0v) is 13.1. The Morgan fingerprint density at radius 1 is 1.29 bits per heavy atom. The van der Waals surface area contributed by atoms with Crippen molar-refractivity contribution in [1.29, 1.82) is 0 Å². The molecule has 0 aromatic heterocycles. The van der Waals surface area contributed by atoms with Gasteiger partial charge in [-0.15, -0.1) is 0 Å². The van der Waals surface area contributed by atoms with E-state index in [1.54, 1.807) is 4.90 Å². The van der Waals surface area contributed by atoms with E-state index in [9.17, 15) is 14.7 Å². The summed E-state index contributed by atoms with van der Waals surface area (Å²) in [6.45, 7) is 8.67. The van der Waals surface area contributed by atoms with Crippen molar-refractivity contribution in [2.45, 2.75) is 40.2 Å². The summed E-state index contributed by atoms with van der Waals surface area (Å²) in [5, 5.41) is 9.47.